The van der Waals surface area contributed by atoms with E-state index in [1.54, 1.807) is 6.07 Å². The number of methoxy groups -OCH3 is 1. The largest absolute Gasteiger partial charge is 0.496 e. The summed E-state index contributed by atoms with van der Waals surface area (Å²) in [5, 5.41) is 0.436. The number of nitrogens with two attached hydrogens (primary N) is 1. The Bertz CT molecular complexity index is 354. The summed E-state index contributed by atoms with van der Waals surface area (Å²) >= 11 is 7.74. The van der Waals surface area contributed by atoms with E-state index in [1.807, 2.05) is 22.6 Å². The van der Waals surface area contributed by atoms with Gasteiger partial charge >= 0.3 is 0 Å². The lowest BCUT2D eigenvalue weighted by atomic mass is 10.2. The van der Waals surface area contributed by atoms with E-state index in [0.717, 1.165) is 0 Å². The predicted molar refractivity (Wildman–Crippen MR) is 59.2 cm³/mol. The van der Waals surface area contributed by atoms with Crippen molar-refractivity contribution in [2.45, 2.75) is 0 Å². The Morgan fingerprint density at radius 2 is 2.23 bits per heavy atom. The molecule has 0 heterocycles. The molecule has 0 unspecified atom stereocenters. The fourth-order valence-corrected chi connectivity index (χ4v) is 1.90. The molecule has 0 spiro atoms. The van der Waals surface area contributed by atoms with Crippen molar-refractivity contribution in [2.24, 2.45) is 5.73 Å². The summed E-state index contributed by atoms with van der Waals surface area (Å²) in [7, 11) is 1.51. The van der Waals surface area contributed by atoms with Crippen LogP contribution >= 0.6 is 34.2 Å². The van der Waals surface area contributed by atoms with Crippen molar-refractivity contribution in [1.82, 2.24) is 0 Å². The second-order valence-corrected chi connectivity index (χ2v) is 3.85. The van der Waals surface area contributed by atoms with Gasteiger partial charge in [0.25, 0.3) is 0 Å². The number of amides is 1. The molecule has 70 valence electrons. The molecule has 0 fully saturated rings. The zero-order valence-electron chi connectivity index (χ0n) is 6.80. The molecule has 0 bridgehead atoms. The van der Waals surface area contributed by atoms with Crippen molar-refractivity contribution in [3.05, 3.63) is 26.3 Å². The van der Waals surface area contributed by atoms with Gasteiger partial charge in [-0.2, -0.15) is 0 Å². The highest BCUT2D eigenvalue weighted by Gasteiger charge is 2.12. The first kappa shape index (κ1) is 10.6. The van der Waals surface area contributed by atoms with Crippen molar-refractivity contribution in [1.29, 1.82) is 0 Å². The van der Waals surface area contributed by atoms with Crippen LogP contribution in [0.15, 0.2) is 12.1 Å². The van der Waals surface area contributed by atoms with Crippen LogP contribution in [0, 0.1) is 3.57 Å². The van der Waals surface area contributed by atoms with Gasteiger partial charge < -0.3 is 10.5 Å². The molecule has 1 rings (SSSR count). The molecule has 1 amide bonds. The minimum Gasteiger partial charge on any atom is -0.496 e. The van der Waals surface area contributed by atoms with Crippen molar-refractivity contribution < 1.29 is 9.53 Å². The van der Waals surface area contributed by atoms with Gasteiger partial charge in [0.2, 0.25) is 5.91 Å². The number of carbonyl (C=O) groups is 1. The summed E-state index contributed by atoms with van der Waals surface area (Å²) in [5.74, 6) is 0.0482. The normalized spacial score (nSPS) is 9.77. The SMILES string of the molecule is COc1cc(Cl)cc(C(N)=O)c1I. The maximum Gasteiger partial charge on any atom is 0.249 e. The smallest absolute Gasteiger partial charge is 0.249 e. The third kappa shape index (κ3) is 2.25. The van der Waals surface area contributed by atoms with Gasteiger partial charge in [0.1, 0.15) is 5.75 Å². The van der Waals surface area contributed by atoms with E-state index in [-0.39, 0.29) is 0 Å². The van der Waals surface area contributed by atoms with Gasteiger partial charge in [-0.15, -0.1) is 0 Å². The lowest BCUT2D eigenvalue weighted by Gasteiger charge is -2.06. The number of primary amides is 1. The van der Waals surface area contributed by atoms with Crippen molar-refractivity contribution >= 4 is 40.1 Å². The Hall–Kier alpha value is -0.490. The molecule has 3 nitrogen and oxygen atoms in total. The van der Waals surface area contributed by atoms with Crippen LogP contribution in [0.5, 0.6) is 5.75 Å². The van der Waals surface area contributed by atoms with Crippen LogP contribution in [0.4, 0.5) is 0 Å². The number of hydrogen-bond donors (Lipinski definition) is 1. The Morgan fingerprint density at radius 1 is 1.62 bits per heavy atom. The average molecular weight is 312 g/mol. The molecule has 1 aromatic carbocycles. The molecule has 1 aromatic rings. The van der Waals surface area contributed by atoms with Crippen LogP contribution < -0.4 is 10.5 Å². The van der Waals surface area contributed by atoms with Crippen LogP contribution in [0.25, 0.3) is 0 Å². The standard InChI is InChI=1S/C8H7ClINO2/c1-13-6-3-4(9)2-5(7(6)10)8(11)12/h2-3H,1H3,(H2,11,12). The van der Waals surface area contributed by atoms with E-state index >= 15 is 0 Å². The third-order valence-electron chi connectivity index (χ3n) is 1.49. The monoisotopic (exact) mass is 311 g/mol. The molecular formula is C8H7ClINO2. The molecule has 0 aliphatic heterocycles. The summed E-state index contributed by atoms with van der Waals surface area (Å²) in [6.45, 7) is 0. The van der Waals surface area contributed by atoms with Crippen molar-refractivity contribution in [2.75, 3.05) is 7.11 Å². The Morgan fingerprint density at radius 3 is 2.69 bits per heavy atom. The Labute approximate surface area is 94.3 Å². The third-order valence-corrected chi connectivity index (χ3v) is 2.82. The topological polar surface area (TPSA) is 52.3 Å². The van der Waals surface area contributed by atoms with E-state index in [2.05, 4.69) is 0 Å². The molecule has 5 heteroatoms. The average Bonchev–Trinajstić information content (AvgIpc) is 2.08. The number of rotatable bonds is 2. The van der Waals surface area contributed by atoms with E-state index in [9.17, 15) is 4.79 Å². The van der Waals surface area contributed by atoms with Crippen molar-refractivity contribution in [3.63, 3.8) is 0 Å². The fraction of sp³-hybridized carbons (Fsp3) is 0.125. The maximum absolute atomic E-state index is 10.9. The molecule has 0 radical (unpaired) electrons. The highest BCUT2D eigenvalue weighted by atomic mass is 127. The molecular weight excluding hydrogens is 304 g/mol. The minimum absolute atomic E-state index is 0.380. The molecule has 0 atom stereocenters. The van der Waals surface area contributed by atoms with Crippen LogP contribution in [0.1, 0.15) is 10.4 Å². The lowest BCUT2D eigenvalue weighted by Crippen LogP contribution is -2.13. The van der Waals surface area contributed by atoms with Crippen LogP contribution in [0.2, 0.25) is 5.02 Å². The van der Waals surface area contributed by atoms with Gasteiger partial charge in [0.15, 0.2) is 0 Å². The van der Waals surface area contributed by atoms with Gasteiger partial charge in [0, 0.05) is 5.02 Å². The number of carbonyl (C=O) groups excluding carboxylic acids is 1. The second kappa shape index (κ2) is 4.15. The summed E-state index contributed by atoms with van der Waals surface area (Å²) in [6, 6.07) is 3.16. The highest BCUT2D eigenvalue weighted by Crippen LogP contribution is 2.28. The van der Waals surface area contributed by atoms with Gasteiger partial charge in [-0.1, -0.05) is 11.6 Å². The summed E-state index contributed by atoms with van der Waals surface area (Å²) in [4.78, 5) is 10.9. The van der Waals surface area contributed by atoms with Gasteiger partial charge in [-0.3, -0.25) is 4.79 Å². The van der Waals surface area contributed by atoms with Gasteiger partial charge in [0.05, 0.1) is 16.2 Å². The number of hydrogen-bond acceptors (Lipinski definition) is 2. The van der Waals surface area contributed by atoms with E-state index in [4.69, 9.17) is 22.1 Å². The molecule has 0 aromatic heterocycles. The zero-order chi connectivity index (χ0) is 10.0. The minimum atomic E-state index is -0.509. The summed E-state index contributed by atoms with van der Waals surface area (Å²) in [5.41, 5.74) is 5.53. The summed E-state index contributed by atoms with van der Waals surface area (Å²) < 4.78 is 5.69. The highest BCUT2D eigenvalue weighted by molar-refractivity contribution is 14.1. The molecule has 0 saturated heterocycles. The molecule has 2 N–H and O–H groups in total. The van der Waals surface area contributed by atoms with Crippen molar-refractivity contribution in [3.8, 4) is 5.75 Å². The number of ether oxygens (including phenoxy) is 1. The van der Waals surface area contributed by atoms with Gasteiger partial charge in [-0.05, 0) is 34.7 Å². The number of halogens is 2. The van der Waals surface area contributed by atoms with E-state index in [0.29, 0.717) is 19.9 Å². The van der Waals surface area contributed by atoms with E-state index < -0.39 is 5.91 Å². The number of benzene rings is 1. The van der Waals surface area contributed by atoms with E-state index in [1.165, 1.54) is 13.2 Å². The zero-order valence-corrected chi connectivity index (χ0v) is 9.72. The summed E-state index contributed by atoms with van der Waals surface area (Å²) in [6.07, 6.45) is 0. The van der Waals surface area contributed by atoms with Gasteiger partial charge in [-0.25, -0.2) is 0 Å². The van der Waals surface area contributed by atoms with Crippen LogP contribution in [-0.4, -0.2) is 13.0 Å². The first-order chi connectivity index (χ1) is 6.06. The molecule has 0 saturated carbocycles. The molecule has 0 aliphatic carbocycles. The van der Waals surface area contributed by atoms with Crippen LogP contribution in [0.3, 0.4) is 0 Å². The first-order valence-electron chi connectivity index (χ1n) is 3.39. The molecule has 0 aliphatic rings. The Kier molecular flexibility index (Phi) is 3.38. The quantitative estimate of drug-likeness (QED) is 0.850. The fourth-order valence-electron chi connectivity index (χ4n) is 0.892. The first-order valence-corrected chi connectivity index (χ1v) is 4.84. The predicted octanol–water partition coefficient (Wildman–Crippen LogP) is 2.05. The van der Waals surface area contributed by atoms with Crippen LogP contribution in [-0.2, 0) is 0 Å². The lowest BCUT2D eigenvalue weighted by molar-refractivity contribution is 0.0999. The second-order valence-electron chi connectivity index (χ2n) is 2.33. The Balaban J connectivity index is 3.35. The molecule has 13 heavy (non-hydrogen) atoms. The maximum atomic E-state index is 10.9.